The third-order valence-corrected chi connectivity index (χ3v) is 4.75. The van der Waals surface area contributed by atoms with E-state index in [4.69, 9.17) is 14.6 Å². The van der Waals surface area contributed by atoms with Crippen molar-refractivity contribution in [3.05, 3.63) is 71.2 Å². The van der Waals surface area contributed by atoms with Crippen molar-refractivity contribution >= 4 is 40.6 Å². The number of amides is 1. The van der Waals surface area contributed by atoms with Crippen LogP contribution in [-0.2, 0) is 4.79 Å². The van der Waals surface area contributed by atoms with Gasteiger partial charge in [0.1, 0.15) is 6.61 Å². The smallest absolute Gasteiger partial charge is 0.335 e. The van der Waals surface area contributed by atoms with Crippen LogP contribution in [0.5, 0.6) is 11.5 Å². The topological polar surface area (TPSA) is 97.2 Å². The van der Waals surface area contributed by atoms with Gasteiger partial charge in [0, 0.05) is 0 Å². The quantitative estimate of drug-likeness (QED) is 0.532. The average Bonchev–Trinajstić information content (AvgIpc) is 3.05. The van der Waals surface area contributed by atoms with E-state index in [-0.39, 0.29) is 11.5 Å². The zero-order valence-corrected chi connectivity index (χ0v) is 16.4. The van der Waals surface area contributed by atoms with E-state index in [1.165, 1.54) is 23.9 Å². The highest BCUT2D eigenvalue weighted by atomic mass is 32.2. The Bertz CT molecular complexity index is 1010. The number of carboxylic acids is 1. The number of nitrogens with one attached hydrogen (secondary N) is 1. The standard InChI is InChI=1S/C21H18N2O5S/c1-3-10-28-16-9-4-13(11-17(16)27-2)12-18-19(24)23-21(29-18)22-15-7-5-14(6-8-15)20(25)26/h3-9,11-12H,1,10H2,2H3,(H,25,26)(H,22,23,24)/b18-12+. The van der Waals surface area contributed by atoms with Crippen molar-refractivity contribution in [3.8, 4) is 11.5 Å². The molecular weight excluding hydrogens is 392 g/mol. The lowest BCUT2D eigenvalue weighted by molar-refractivity contribution is -0.115. The summed E-state index contributed by atoms with van der Waals surface area (Å²) in [6.45, 7) is 3.98. The number of nitrogens with zero attached hydrogens (tertiary/aromatic N) is 1. The summed E-state index contributed by atoms with van der Waals surface area (Å²) < 4.78 is 10.9. The summed E-state index contributed by atoms with van der Waals surface area (Å²) >= 11 is 1.20. The molecule has 1 aliphatic heterocycles. The lowest BCUT2D eigenvalue weighted by Crippen LogP contribution is -2.19. The van der Waals surface area contributed by atoms with Gasteiger partial charge in [0.2, 0.25) is 0 Å². The second kappa shape index (κ2) is 9.11. The van der Waals surface area contributed by atoms with Crippen LogP contribution in [0.3, 0.4) is 0 Å². The number of hydrogen-bond donors (Lipinski definition) is 2. The normalized spacial score (nSPS) is 16.0. The number of benzene rings is 2. The Morgan fingerprint density at radius 2 is 2.00 bits per heavy atom. The van der Waals surface area contributed by atoms with Crippen LogP contribution in [0.25, 0.3) is 6.08 Å². The molecule has 1 amide bonds. The van der Waals surface area contributed by atoms with E-state index in [1.807, 2.05) is 6.07 Å². The first-order chi connectivity index (χ1) is 14.0. The highest BCUT2D eigenvalue weighted by Gasteiger charge is 2.24. The van der Waals surface area contributed by atoms with Gasteiger partial charge in [-0.25, -0.2) is 9.79 Å². The van der Waals surface area contributed by atoms with Gasteiger partial charge in [-0.2, -0.15) is 0 Å². The molecule has 0 radical (unpaired) electrons. The fourth-order valence-electron chi connectivity index (χ4n) is 2.47. The van der Waals surface area contributed by atoms with Crippen LogP contribution in [0.1, 0.15) is 15.9 Å². The number of ether oxygens (including phenoxy) is 2. The highest BCUT2D eigenvalue weighted by molar-refractivity contribution is 8.18. The molecule has 0 saturated carbocycles. The molecule has 148 valence electrons. The van der Waals surface area contributed by atoms with E-state index in [0.29, 0.717) is 33.9 Å². The molecule has 2 aromatic rings. The lowest BCUT2D eigenvalue weighted by atomic mass is 10.2. The molecule has 0 spiro atoms. The summed E-state index contributed by atoms with van der Waals surface area (Å²) in [4.78, 5) is 28.0. The van der Waals surface area contributed by atoms with Crippen LogP contribution in [0.4, 0.5) is 5.69 Å². The minimum atomic E-state index is -1.01. The van der Waals surface area contributed by atoms with Gasteiger partial charge in [-0.3, -0.25) is 4.79 Å². The predicted octanol–water partition coefficient (Wildman–Crippen LogP) is 3.85. The van der Waals surface area contributed by atoms with Gasteiger partial charge < -0.3 is 19.9 Å². The molecule has 1 aliphatic rings. The number of carbonyl (C=O) groups excluding carboxylic acids is 1. The van der Waals surface area contributed by atoms with Gasteiger partial charge in [-0.05, 0) is 59.8 Å². The molecule has 0 aliphatic carbocycles. The monoisotopic (exact) mass is 410 g/mol. The van der Waals surface area contributed by atoms with Crippen molar-refractivity contribution in [1.29, 1.82) is 0 Å². The molecule has 0 atom stereocenters. The Morgan fingerprint density at radius 3 is 2.66 bits per heavy atom. The second-order valence-corrected chi connectivity index (χ2v) is 6.87. The van der Waals surface area contributed by atoms with E-state index in [0.717, 1.165) is 5.56 Å². The third kappa shape index (κ3) is 5.05. The van der Waals surface area contributed by atoms with Gasteiger partial charge in [-0.15, -0.1) is 0 Å². The number of carboxylic acid groups (broad SMARTS) is 1. The van der Waals surface area contributed by atoms with E-state index < -0.39 is 5.97 Å². The molecule has 0 bridgehead atoms. The Kier molecular flexibility index (Phi) is 6.36. The SMILES string of the molecule is C=CCOc1ccc(/C=C2/SC(=Nc3ccc(C(=O)O)cc3)NC2=O)cc1OC. The van der Waals surface area contributed by atoms with Gasteiger partial charge >= 0.3 is 5.97 Å². The predicted molar refractivity (Wildman–Crippen MR) is 113 cm³/mol. The molecule has 0 unspecified atom stereocenters. The molecule has 1 fully saturated rings. The number of aromatic carboxylic acids is 1. The van der Waals surface area contributed by atoms with E-state index in [2.05, 4.69) is 16.9 Å². The van der Waals surface area contributed by atoms with Crippen LogP contribution < -0.4 is 14.8 Å². The van der Waals surface area contributed by atoms with Crippen LogP contribution in [0.15, 0.2) is 65.0 Å². The fourth-order valence-corrected chi connectivity index (χ4v) is 3.31. The van der Waals surface area contributed by atoms with Crippen LogP contribution in [-0.4, -0.2) is 35.9 Å². The largest absolute Gasteiger partial charge is 0.493 e. The van der Waals surface area contributed by atoms with Crippen molar-refractivity contribution < 1.29 is 24.2 Å². The second-order valence-electron chi connectivity index (χ2n) is 5.84. The Labute approximate surface area is 171 Å². The Balaban J connectivity index is 1.78. The molecule has 2 N–H and O–H groups in total. The maximum atomic E-state index is 12.3. The number of methoxy groups -OCH3 is 1. The summed E-state index contributed by atoms with van der Waals surface area (Å²) in [6.07, 6.45) is 3.38. The summed E-state index contributed by atoms with van der Waals surface area (Å²) in [7, 11) is 1.55. The fraction of sp³-hybridized carbons (Fsp3) is 0.0952. The van der Waals surface area contributed by atoms with E-state index in [1.54, 1.807) is 43.5 Å². The maximum Gasteiger partial charge on any atom is 0.335 e. The number of carbonyl (C=O) groups is 2. The first-order valence-corrected chi connectivity index (χ1v) is 9.36. The zero-order valence-electron chi connectivity index (χ0n) is 15.5. The molecule has 3 rings (SSSR count). The van der Waals surface area contributed by atoms with Crippen LogP contribution in [0, 0.1) is 0 Å². The number of thioether (sulfide) groups is 1. The summed E-state index contributed by atoms with van der Waals surface area (Å²) in [6, 6.07) is 11.5. The van der Waals surface area contributed by atoms with Crippen molar-refractivity contribution in [2.75, 3.05) is 13.7 Å². The third-order valence-electron chi connectivity index (χ3n) is 3.84. The minimum absolute atomic E-state index is 0.173. The number of amidine groups is 1. The minimum Gasteiger partial charge on any atom is -0.493 e. The number of rotatable bonds is 7. The van der Waals surface area contributed by atoms with Gasteiger partial charge in [0.15, 0.2) is 16.7 Å². The molecule has 7 nitrogen and oxygen atoms in total. The maximum absolute atomic E-state index is 12.3. The van der Waals surface area contributed by atoms with Crippen LogP contribution in [0.2, 0.25) is 0 Å². The van der Waals surface area contributed by atoms with Crippen molar-refractivity contribution in [1.82, 2.24) is 5.32 Å². The Hall–Kier alpha value is -3.52. The molecular formula is C21H18N2O5S. The summed E-state index contributed by atoms with van der Waals surface area (Å²) in [5, 5.41) is 12.1. The first-order valence-electron chi connectivity index (χ1n) is 8.55. The summed E-state index contributed by atoms with van der Waals surface area (Å²) in [5.41, 5.74) is 1.49. The number of hydrogen-bond acceptors (Lipinski definition) is 6. The summed E-state index contributed by atoms with van der Waals surface area (Å²) in [5.74, 6) is -0.127. The first kappa shape index (κ1) is 20.2. The lowest BCUT2D eigenvalue weighted by Gasteiger charge is -2.09. The zero-order chi connectivity index (χ0) is 20.8. The van der Waals surface area contributed by atoms with Crippen LogP contribution >= 0.6 is 11.8 Å². The average molecular weight is 410 g/mol. The molecule has 1 heterocycles. The molecule has 0 aromatic heterocycles. The van der Waals surface area contributed by atoms with Gasteiger partial charge in [0.25, 0.3) is 5.91 Å². The van der Waals surface area contributed by atoms with Gasteiger partial charge in [-0.1, -0.05) is 18.7 Å². The molecule has 29 heavy (non-hydrogen) atoms. The Morgan fingerprint density at radius 1 is 1.24 bits per heavy atom. The molecule has 1 saturated heterocycles. The van der Waals surface area contributed by atoms with E-state index >= 15 is 0 Å². The molecule has 2 aromatic carbocycles. The number of aliphatic imine (C=N–C) groups is 1. The van der Waals surface area contributed by atoms with Gasteiger partial charge in [0.05, 0.1) is 23.3 Å². The highest BCUT2D eigenvalue weighted by Crippen LogP contribution is 2.32. The van der Waals surface area contributed by atoms with E-state index in [9.17, 15) is 9.59 Å². The van der Waals surface area contributed by atoms with Crippen molar-refractivity contribution in [3.63, 3.8) is 0 Å². The van der Waals surface area contributed by atoms with Crippen molar-refractivity contribution in [2.45, 2.75) is 0 Å². The van der Waals surface area contributed by atoms with Crippen molar-refractivity contribution in [2.24, 2.45) is 4.99 Å². The molecule has 8 heteroatoms.